The molecule has 5 nitrogen and oxygen atoms in total. The molecule has 0 amide bonds. The van der Waals surface area contributed by atoms with Gasteiger partial charge in [0.15, 0.2) is 0 Å². The zero-order valence-electron chi connectivity index (χ0n) is 7.78. The normalized spacial score (nSPS) is 24.2. The Balaban J connectivity index is 3.19. The Morgan fingerprint density at radius 3 is 1.85 bits per heavy atom. The van der Waals surface area contributed by atoms with E-state index in [-0.39, 0.29) is 10.9 Å². The molecule has 0 aromatic carbocycles. The van der Waals surface area contributed by atoms with Gasteiger partial charge in [0, 0.05) is 12.8 Å². The van der Waals surface area contributed by atoms with E-state index in [1.165, 1.54) is 0 Å². The first kappa shape index (κ1) is 9.98. The first-order valence-corrected chi connectivity index (χ1v) is 4.14. The average Bonchev–Trinajstić information content (AvgIpc) is 2.25. The summed E-state index contributed by atoms with van der Waals surface area (Å²) in [6.07, 6.45) is 0.857. The minimum atomic E-state index is -1.64. The molecule has 1 heterocycles. The molecular weight excluding hydrogens is 174 g/mol. The molecule has 0 unspecified atom stereocenters. The molecule has 0 aliphatic carbocycles. The van der Waals surface area contributed by atoms with Crippen molar-refractivity contribution >= 4 is 11.9 Å². The lowest BCUT2D eigenvalue weighted by Gasteiger charge is -2.36. The van der Waals surface area contributed by atoms with Crippen LogP contribution >= 0.6 is 0 Å². The monoisotopic (exact) mass is 188 g/mol. The van der Waals surface area contributed by atoms with Gasteiger partial charge in [0.25, 0.3) is 5.54 Å². The van der Waals surface area contributed by atoms with Gasteiger partial charge in [-0.1, -0.05) is 0 Å². The van der Waals surface area contributed by atoms with Crippen molar-refractivity contribution in [2.75, 3.05) is 20.6 Å². The second kappa shape index (κ2) is 2.70. The van der Waals surface area contributed by atoms with Gasteiger partial charge in [-0.15, -0.1) is 0 Å². The van der Waals surface area contributed by atoms with E-state index in [1.807, 2.05) is 0 Å². The molecule has 0 atom stereocenters. The van der Waals surface area contributed by atoms with Crippen molar-refractivity contribution in [3.63, 3.8) is 0 Å². The molecule has 0 aromatic heterocycles. The average molecular weight is 188 g/mol. The zero-order valence-corrected chi connectivity index (χ0v) is 7.78. The molecule has 1 saturated heterocycles. The fourth-order valence-electron chi connectivity index (χ4n) is 2.05. The summed E-state index contributed by atoms with van der Waals surface area (Å²) in [5, 5.41) is 17.9. The van der Waals surface area contributed by atoms with Crippen molar-refractivity contribution in [2.45, 2.75) is 18.4 Å². The van der Waals surface area contributed by atoms with E-state index in [9.17, 15) is 9.59 Å². The standard InChI is InChI=1S/C8H13NO4/c1-9(2)5-3-4-8(9,6(10)11)7(12)13/h3-5H2,1-2H3,(H-,10,11,12,13)/p+1. The Bertz CT molecular complexity index is 245. The Kier molecular flexibility index (Phi) is 2.07. The maximum Gasteiger partial charge on any atom is 0.377 e. The largest absolute Gasteiger partial charge is 0.476 e. The number of aliphatic carboxylic acids is 2. The van der Waals surface area contributed by atoms with Crippen LogP contribution in [0.2, 0.25) is 0 Å². The van der Waals surface area contributed by atoms with Gasteiger partial charge < -0.3 is 14.7 Å². The Hall–Kier alpha value is -1.10. The molecule has 13 heavy (non-hydrogen) atoms. The number of likely N-dealkylation sites (tertiary alicyclic amines) is 1. The predicted octanol–water partition coefficient (Wildman–Crippen LogP) is -0.235. The Morgan fingerprint density at radius 1 is 1.23 bits per heavy atom. The van der Waals surface area contributed by atoms with Crippen LogP contribution in [-0.2, 0) is 9.59 Å². The van der Waals surface area contributed by atoms with Crippen molar-refractivity contribution in [1.82, 2.24) is 0 Å². The van der Waals surface area contributed by atoms with Crippen LogP contribution in [0.25, 0.3) is 0 Å². The summed E-state index contributed by atoms with van der Waals surface area (Å²) in [4.78, 5) is 22.0. The highest BCUT2D eigenvalue weighted by Crippen LogP contribution is 2.34. The molecule has 1 rings (SSSR count). The smallest absolute Gasteiger partial charge is 0.377 e. The van der Waals surface area contributed by atoms with Gasteiger partial charge in [0.05, 0.1) is 20.6 Å². The SMILES string of the molecule is C[N+]1(C)CCCC1(C(=O)O)C(=O)O. The third-order valence-corrected chi connectivity index (χ3v) is 3.00. The Labute approximate surface area is 76.2 Å². The summed E-state index contributed by atoms with van der Waals surface area (Å²) in [5.74, 6) is -2.47. The number of carboxylic acids is 2. The zero-order chi connectivity index (χ0) is 10.3. The molecule has 1 aliphatic rings. The molecular formula is C8H14NO4+. The third-order valence-electron chi connectivity index (χ3n) is 3.00. The van der Waals surface area contributed by atoms with Gasteiger partial charge in [-0.3, -0.25) is 0 Å². The fraction of sp³-hybridized carbons (Fsp3) is 0.750. The number of likely N-dealkylation sites (N-methyl/N-ethyl adjacent to an activating group) is 1. The second-order valence-electron chi connectivity index (χ2n) is 3.98. The molecule has 0 aromatic rings. The number of nitrogens with zero attached hydrogens (tertiary/aromatic N) is 1. The van der Waals surface area contributed by atoms with Gasteiger partial charge in [-0.2, -0.15) is 0 Å². The van der Waals surface area contributed by atoms with Crippen LogP contribution in [0.3, 0.4) is 0 Å². The van der Waals surface area contributed by atoms with Gasteiger partial charge in [0.1, 0.15) is 0 Å². The maximum absolute atomic E-state index is 11.0. The van der Waals surface area contributed by atoms with Gasteiger partial charge in [0.2, 0.25) is 0 Å². The van der Waals surface area contributed by atoms with E-state index < -0.39 is 17.5 Å². The number of hydrogen-bond donors (Lipinski definition) is 2. The third kappa shape index (κ3) is 1.11. The summed E-state index contributed by atoms with van der Waals surface area (Å²) in [5.41, 5.74) is -1.64. The van der Waals surface area contributed by atoms with Crippen LogP contribution in [-0.4, -0.2) is 52.8 Å². The van der Waals surface area contributed by atoms with Crippen LogP contribution in [0.15, 0.2) is 0 Å². The van der Waals surface area contributed by atoms with Crippen molar-refractivity contribution in [2.24, 2.45) is 0 Å². The quantitative estimate of drug-likeness (QED) is 0.463. The summed E-state index contributed by atoms with van der Waals surface area (Å²) in [6, 6.07) is 0. The summed E-state index contributed by atoms with van der Waals surface area (Å²) in [7, 11) is 3.30. The molecule has 0 bridgehead atoms. The lowest BCUT2D eigenvalue weighted by Crippen LogP contribution is -2.64. The minimum absolute atomic E-state index is 0.0255. The lowest BCUT2D eigenvalue weighted by atomic mass is 9.95. The molecule has 0 radical (unpaired) electrons. The molecule has 1 fully saturated rings. The molecule has 0 saturated carbocycles. The van der Waals surface area contributed by atoms with Crippen LogP contribution < -0.4 is 0 Å². The second-order valence-corrected chi connectivity index (χ2v) is 3.98. The van der Waals surface area contributed by atoms with Gasteiger partial charge >= 0.3 is 11.9 Å². The molecule has 0 spiro atoms. The first-order chi connectivity index (χ1) is 5.84. The van der Waals surface area contributed by atoms with E-state index in [0.29, 0.717) is 13.0 Å². The molecule has 74 valence electrons. The number of hydrogen-bond acceptors (Lipinski definition) is 2. The van der Waals surface area contributed by atoms with Crippen LogP contribution in [0, 0.1) is 0 Å². The van der Waals surface area contributed by atoms with Crippen molar-refractivity contribution in [3.05, 3.63) is 0 Å². The van der Waals surface area contributed by atoms with Crippen LogP contribution in [0.5, 0.6) is 0 Å². The summed E-state index contributed by atoms with van der Waals surface area (Å²) < 4.78 is 0.0255. The first-order valence-electron chi connectivity index (χ1n) is 4.14. The molecule has 2 N–H and O–H groups in total. The van der Waals surface area contributed by atoms with Crippen molar-refractivity contribution in [3.8, 4) is 0 Å². The number of rotatable bonds is 2. The minimum Gasteiger partial charge on any atom is -0.476 e. The predicted molar refractivity (Wildman–Crippen MR) is 44.2 cm³/mol. The van der Waals surface area contributed by atoms with E-state index >= 15 is 0 Å². The molecule has 5 heteroatoms. The van der Waals surface area contributed by atoms with Crippen LogP contribution in [0.4, 0.5) is 0 Å². The highest BCUT2D eigenvalue weighted by molar-refractivity contribution is 6.01. The highest BCUT2D eigenvalue weighted by Gasteiger charge is 2.62. The van der Waals surface area contributed by atoms with E-state index in [4.69, 9.17) is 10.2 Å². The van der Waals surface area contributed by atoms with Crippen molar-refractivity contribution in [1.29, 1.82) is 0 Å². The Morgan fingerprint density at radius 2 is 1.69 bits per heavy atom. The van der Waals surface area contributed by atoms with Crippen molar-refractivity contribution < 1.29 is 24.3 Å². The summed E-state index contributed by atoms with van der Waals surface area (Å²) in [6.45, 7) is 0.596. The van der Waals surface area contributed by atoms with Gasteiger partial charge in [-0.25, -0.2) is 9.59 Å². The summed E-state index contributed by atoms with van der Waals surface area (Å²) >= 11 is 0. The highest BCUT2D eigenvalue weighted by atomic mass is 16.4. The van der Waals surface area contributed by atoms with E-state index in [0.717, 1.165) is 0 Å². The topological polar surface area (TPSA) is 74.6 Å². The van der Waals surface area contributed by atoms with Crippen LogP contribution in [0.1, 0.15) is 12.8 Å². The number of quaternary nitrogens is 1. The van der Waals surface area contributed by atoms with Gasteiger partial charge in [-0.05, 0) is 0 Å². The van der Waals surface area contributed by atoms with E-state index in [1.54, 1.807) is 14.1 Å². The fourth-order valence-corrected chi connectivity index (χ4v) is 2.05. The van der Waals surface area contributed by atoms with E-state index in [2.05, 4.69) is 0 Å². The lowest BCUT2D eigenvalue weighted by molar-refractivity contribution is -0.909. The maximum atomic E-state index is 11.0. The number of carbonyl (C=O) groups is 2. The molecule has 1 aliphatic heterocycles. The number of carboxylic acid groups (broad SMARTS) is 2.